The molecule has 0 atom stereocenters. The van der Waals surface area contributed by atoms with E-state index in [9.17, 15) is 0 Å². The Labute approximate surface area is 245 Å². The first-order valence-corrected chi connectivity index (χ1v) is 15.6. The Kier molecular flexibility index (Phi) is 4.60. The minimum absolute atomic E-state index is 1.10. The molecule has 42 heavy (non-hydrogen) atoms. The van der Waals surface area contributed by atoms with Crippen LogP contribution in [-0.4, -0.2) is 0 Å². The fourth-order valence-corrected chi connectivity index (χ4v) is 8.50. The summed E-state index contributed by atoms with van der Waals surface area (Å²) >= 11 is 0. The molecule has 7 aromatic carbocycles. The van der Waals surface area contributed by atoms with Gasteiger partial charge in [-0.15, -0.1) is 0 Å². The fraction of sp³-hybridized carbons (Fsp3) is 0.143. The molecule has 0 spiro atoms. The highest BCUT2D eigenvalue weighted by Gasteiger charge is 2.21. The number of hydrogen-bond donors (Lipinski definition) is 0. The molecule has 0 N–H and O–H groups in total. The highest BCUT2D eigenvalue weighted by atomic mass is 14.3. The summed E-state index contributed by atoms with van der Waals surface area (Å²) in [5.74, 6) is 0. The Morgan fingerprint density at radius 2 is 1.29 bits per heavy atom. The maximum Gasteiger partial charge on any atom is -0.00239 e. The molecule has 0 heteroatoms. The molecule has 0 saturated carbocycles. The van der Waals surface area contributed by atoms with Crippen LogP contribution >= 0.6 is 0 Å². The predicted octanol–water partition coefficient (Wildman–Crippen LogP) is 9.26. The van der Waals surface area contributed by atoms with Crippen molar-refractivity contribution >= 4 is 60.8 Å². The van der Waals surface area contributed by atoms with Crippen LogP contribution in [0.2, 0.25) is 0 Å². The monoisotopic (exact) mass is 534 g/mol. The van der Waals surface area contributed by atoms with Crippen molar-refractivity contribution in [2.45, 2.75) is 38.5 Å². The topological polar surface area (TPSA) is 0 Å². The molecule has 0 radical (unpaired) electrons. The summed E-state index contributed by atoms with van der Waals surface area (Å²) in [6, 6.07) is 37.4. The lowest BCUT2D eigenvalue weighted by molar-refractivity contribution is 0.920. The Hall–Kier alpha value is -4.68. The molecule has 3 aliphatic carbocycles. The average molecular weight is 535 g/mol. The van der Waals surface area contributed by atoms with E-state index in [0.29, 0.717) is 0 Å². The van der Waals surface area contributed by atoms with Crippen molar-refractivity contribution in [2.75, 3.05) is 0 Å². The molecule has 0 fully saturated rings. The van der Waals surface area contributed by atoms with Gasteiger partial charge in [-0.3, -0.25) is 0 Å². The molecular formula is C42H30. The van der Waals surface area contributed by atoms with Gasteiger partial charge in [0.2, 0.25) is 0 Å². The number of rotatable bonds is 2. The van der Waals surface area contributed by atoms with Gasteiger partial charge in [-0.25, -0.2) is 0 Å². The summed E-state index contributed by atoms with van der Waals surface area (Å²) in [5, 5.41) is 14.2. The van der Waals surface area contributed by atoms with Crippen LogP contribution in [0.15, 0.2) is 103 Å². The lowest BCUT2D eigenvalue weighted by atomic mass is 9.80. The van der Waals surface area contributed by atoms with Crippen LogP contribution in [0.3, 0.4) is 0 Å². The second-order valence-corrected chi connectivity index (χ2v) is 12.6. The second kappa shape index (κ2) is 8.43. The second-order valence-electron chi connectivity index (χ2n) is 12.6. The number of benzene rings is 7. The van der Waals surface area contributed by atoms with Gasteiger partial charge in [-0.05, 0) is 137 Å². The van der Waals surface area contributed by atoms with Gasteiger partial charge in [-0.2, -0.15) is 0 Å². The lowest BCUT2D eigenvalue weighted by Gasteiger charge is -2.24. The maximum atomic E-state index is 2.50. The van der Waals surface area contributed by atoms with Gasteiger partial charge >= 0.3 is 0 Å². The van der Waals surface area contributed by atoms with E-state index >= 15 is 0 Å². The van der Waals surface area contributed by atoms with Crippen molar-refractivity contribution in [2.24, 2.45) is 0 Å². The molecule has 0 heterocycles. The molecule has 0 nitrogen and oxygen atoms in total. The highest BCUT2D eigenvalue weighted by Crippen LogP contribution is 2.40. The van der Waals surface area contributed by atoms with Crippen LogP contribution in [0.4, 0.5) is 0 Å². The zero-order valence-corrected chi connectivity index (χ0v) is 23.6. The fourth-order valence-electron chi connectivity index (χ4n) is 8.50. The van der Waals surface area contributed by atoms with Gasteiger partial charge < -0.3 is 0 Å². The summed E-state index contributed by atoms with van der Waals surface area (Å²) in [6.45, 7) is 0. The normalized spacial score (nSPS) is 15.8. The molecule has 198 valence electrons. The first-order chi connectivity index (χ1) is 20.8. The van der Waals surface area contributed by atoms with Gasteiger partial charge in [-0.1, -0.05) is 109 Å². The van der Waals surface area contributed by atoms with E-state index in [1.54, 1.807) is 5.57 Å². The van der Waals surface area contributed by atoms with E-state index in [1.807, 2.05) is 0 Å². The van der Waals surface area contributed by atoms with Crippen LogP contribution < -0.4 is 10.4 Å². The van der Waals surface area contributed by atoms with Crippen LogP contribution in [0.5, 0.6) is 0 Å². The third-order valence-corrected chi connectivity index (χ3v) is 10.5. The lowest BCUT2D eigenvalue weighted by Crippen LogP contribution is -2.17. The molecule has 0 unspecified atom stereocenters. The van der Waals surface area contributed by atoms with Crippen molar-refractivity contribution in [3.05, 3.63) is 135 Å². The largest absolute Gasteiger partial charge is 0.0763 e. The number of hydrogen-bond acceptors (Lipinski definition) is 0. The van der Waals surface area contributed by atoms with E-state index in [4.69, 9.17) is 0 Å². The Morgan fingerprint density at radius 3 is 2.24 bits per heavy atom. The third-order valence-electron chi connectivity index (χ3n) is 10.5. The molecule has 10 rings (SSSR count). The standard InChI is InChI=1S/C42H30/c1-3-25-7-9-29-15-19-35(37-21-17-27(5-1)39(25)41(29)37)33-13-11-32-24-34(14-12-31(32)23-33)36-20-16-30-10-8-26-4-2-6-28-18-22-38(36)42(30)40(26)28/h1,3-5,7-10,12,14,16-18,20-24H,2,6,11,13,15,19H2. The minimum atomic E-state index is 1.10. The highest BCUT2D eigenvalue weighted by molar-refractivity contribution is 6.16. The minimum Gasteiger partial charge on any atom is -0.0763 e. The Morgan fingerprint density at radius 1 is 0.500 bits per heavy atom. The molecule has 0 aromatic heterocycles. The van der Waals surface area contributed by atoms with Gasteiger partial charge in [0.15, 0.2) is 0 Å². The van der Waals surface area contributed by atoms with Gasteiger partial charge in [0.25, 0.3) is 0 Å². The van der Waals surface area contributed by atoms with Crippen LogP contribution in [-0.2, 0) is 19.3 Å². The van der Waals surface area contributed by atoms with Gasteiger partial charge in [0, 0.05) is 0 Å². The summed E-state index contributed by atoms with van der Waals surface area (Å²) < 4.78 is 0. The Bertz CT molecular complexity index is 2430. The molecule has 3 aliphatic rings. The molecule has 0 saturated heterocycles. The van der Waals surface area contributed by atoms with E-state index < -0.39 is 0 Å². The number of allylic oxidation sites excluding steroid dienone is 1. The average Bonchev–Trinajstić information content (AvgIpc) is 3.05. The quantitative estimate of drug-likeness (QED) is 0.207. The zero-order valence-electron chi connectivity index (χ0n) is 23.6. The van der Waals surface area contributed by atoms with Crippen molar-refractivity contribution in [1.82, 2.24) is 0 Å². The third kappa shape index (κ3) is 3.13. The van der Waals surface area contributed by atoms with E-state index in [2.05, 4.69) is 109 Å². The van der Waals surface area contributed by atoms with Crippen molar-refractivity contribution in [3.8, 4) is 11.1 Å². The first kappa shape index (κ1) is 22.9. The van der Waals surface area contributed by atoms with Crippen LogP contribution in [0, 0.1) is 0 Å². The van der Waals surface area contributed by atoms with Crippen molar-refractivity contribution in [3.63, 3.8) is 0 Å². The summed E-state index contributed by atoms with van der Waals surface area (Å²) in [6.07, 6.45) is 11.7. The number of aryl methyl sites for hydroxylation is 3. The van der Waals surface area contributed by atoms with Gasteiger partial charge in [0.1, 0.15) is 0 Å². The van der Waals surface area contributed by atoms with Crippen LogP contribution in [0.25, 0.3) is 71.9 Å². The maximum absolute atomic E-state index is 2.50. The summed E-state index contributed by atoms with van der Waals surface area (Å²) in [4.78, 5) is 0. The van der Waals surface area contributed by atoms with E-state index in [-0.39, 0.29) is 0 Å². The van der Waals surface area contributed by atoms with E-state index in [1.165, 1.54) is 92.5 Å². The summed E-state index contributed by atoms with van der Waals surface area (Å²) in [5.41, 5.74) is 11.7. The molecule has 0 aliphatic heterocycles. The van der Waals surface area contributed by atoms with E-state index in [0.717, 1.165) is 38.5 Å². The molecule has 7 aromatic rings. The smallest absolute Gasteiger partial charge is 0.00239 e. The van der Waals surface area contributed by atoms with Crippen molar-refractivity contribution in [1.29, 1.82) is 0 Å². The zero-order chi connectivity index (χ0) is 27.4. The SMILES string of the molecule is C1=C(C2=c3ccc4cccc5ccc(c3c54)CC2)CCc2cc(-c3ccc4ccc5c6c(ccc3c46)CCC=5)ccc21. The first-order valence-electron chi connectivity index (χ1n) is 15.6. The molecule has 0 amide bonds. The summed E-state index contributed by atoms with van der Waals surface area (Å²) in [7, 11) is 0. The van der Waals surface area contributed by atoms with Gasteiger partial charge in [0.05, 0.1) is 0 Å². The van der Waals surface area contributed by atoms with Crippen LogP contribution in [0.1, 0.15) is 41.5 Å². The molecule has 0 bridgehead atoms. The predicted molar refractivity (Wildman–Crippen MR) is 180 cm³/mol. The molecular weight excluding hydrogens is 504 g/mol. The number of fused-ring (bicyclic) bond motifs is 1. The van der Waals surface area contributed by atoms with Crippen molar-refractivity contribution < 1.29 is 0 Å². The Balaban J connectivity index is 1.12.